The molecule has 2 nitrogen and oxygen atoms in total. The molecule has 0 amide bonds. The summed E-state index contributed by atoms with van der Waals surface area (Å²) >= 11 is 0. The predicted octanol–water partition coefficient (Wildman–Crippen LogP) is 2.68. The van der Waals surface area contributed by atoms with E-state index in [1.807, 2.05) is 6.92 Å². The van der Waals surface area contributed by atoms with Crippen molar-refractivity contribution in [3.05, 3.63) is 0 Å². The van der Waals surface area contributed by atoms with Crippen LogP contribution in [0.25, 0.3) is 0 Å². The Morgan fingerprint density at radius 1 is 1.19 bits per heavy atom. The molecule has 16 heavy (non-hydrogen) atoms. The molecule has 0 aliphatic carbocycles. The number of hydrogen-bond donors (Lipinski definition) is 1. The van der Waals surface area contributed by atoms with E-state index in [1.165, 1.54) is 0 Å². The summed E-state index contributed by atoms with van der Waals surface area (Å²) in [5, 5.41) is 3.14. The summed E-state index contributed by atoms with van der Waals surface area (Å²) in [6.45, 7) is 2.65. The zero-order valence-corrected chi connectivity index (χ0v) is 9.45. The Labute approximate surface area is 93.3 Å². The highest BCUT2D eigenvalue weighted by Gasteiger charge is 2.40. The van der Waals surface area contributed by atoms with Crippen molar-refractivity contribution in [2.45, 2.75) is 38.5 Å². The van der Waals surface area contributed by atoms with E-state index in [1.54, 1.807) is 0 Å². The van der Waals surface area contributed by atoms with E-state index in [0.29, 0.717) is 6.42 Å². The first kappa shape index (κ1) is 15.6. The molecule has 0 aliphatic heterocycles. The average molecular weight is 245 g/mol. The lowest BCUT2D eigenvalue weighted by Gasteiger charge is -2.14. The summed E-state index contributed by atoms with van der Waals surface area (Å²) in [7, 11) is 0. The van der Waals surface area contributed by atoms with E-state index < -0.39 is 19.0 Å². The second kappa shape index (κ2) is 8.75. The molecule has 0 spiro atoms. The topological polar surface area (TPSA) is 21.3 Å². The molecule has 0 bridgehead atoms. The zero-order valence-electron chi connectivity index (χ0n) is 9.45. The first-order chi connectivity index (χ1) is 7.50. The van der Waals surface area contributed by atoms with Gasteiger partial charge in [-0.15, -0.1) is 0 Å². The lowest BCUT2D eigenvalue weighted by molar-refractivity contribution is -0.165. The minimum absolute atomic E-state index is 0.0934. The SMILES string of the molecule is CCCNCCCCOCC(F)(F)C(F)F. The van der Waals surface area contributed by atoms with E-state index >= 15 is 0 Å². The molecule has 0 aliphatic rings. The van der Waals surface area contributed by atoms with Crippen LogP contribution in [0.5, 0.6) is 0 Å². The van der Waals surface area contributed by atoms with Crippen LogP contribution < -0.4 is 5.32 Å². The molecule has 0 fully saturated rings. The quantitative estimate of drug-likeness (QED) is 0.472. The summed E-state index contributed by atoms with van der Waals surface area (Å²) in [5.41, 5.74) is 0. The number of halogens is 4. The second-order valence-electron chi connectivity index (χ2n) is 3.57. The summed E-state index contributed by atoms with van der Waals surface area (Å²) < 4.78 is 52.6. The molecule has 0 radical (unpaired) electrons. The normalized spacial score (nSPS) is 12.4. The Morgan fingerprint density at radius 3 is 2.44 bits per heavy atom. The molecular formula is C10H19F4NO. The van der Waals surface area contributed by atoms with Crippen LogP contribution in [0.4, 0.5) is 17.6 Å². The van der Waals surface area contributed by atoms with Crippen molar-refractivity contribution in [3.63, 3.8) is 0 Å². The number of rotatable bonds is 10. The van der Waals surface area contributed by atoms with Crippen LogP contribution in [-0.2, 0) is 4.74 Å². The Bertz CT molecular complexity index is 167. The Morgan fingerprint density at radius 2 is 1.88 bits per heavy atom. The summed E-state index contributed by atoms with van der Waals surface area (Å²) in [4.78, 5) is 0. The molecule has 0 saturated carbocycles. The van der Waals surface area contributed by atoms with Gasteiger partial charge in [0.05, 0.1) is 0 Å². The molecule has 0 unspecified atom stereocenters. The number of unbranched alkanes of at least 4 members (excludes halogenated alkanes) is 1. The predicted molar refractivity (Wildman–Crippen MR) is 54.2 cm³/mol. The van der Waals surface area contributed by atoms with Crippen LogP contribution in [0.2, 0.25) is 0 Å². The molecule has 1 N–H and O–H groups in total. The van der Waals surface area contributed by atoms with Gasteiger partial charge >= 0.3 is 12.3 Å². The van der Waals surface area contributed by atoms with Gasteiger partial charge in [0.1, 0.15) is 6.61 Å². The van der Waals surface area contributed by atoms with E-state index in [9.17, 15) is 17.6 Å². The molecule has 0 aromatic carbocycles. The molecule has 0 rings (SSSR count). The van der Waals surface area contributed by atoms with E-state index in [2.05, 4.69) is 10.1 Å². The highest BCUT2D eigenvalue weighted by atomic mass is 19.3. The number of hydrogen-bond acceptors (Lipinski definition) is 2. The van der Waals surface area contributed by atoms with Crippen molar-refractivity contribution in [1.29, 1.82) is 0 Å². The Hall–Kier alpha value is -0.360. The average Bonchev–Trinajstić information content (AvgIpc) is 2.21. The third kappa shape index (κ3) is 7.87. The molecular weight excluding hydrogens is 226 g/mol. The van der Waals surface area contributed by atoms with Crippen molar-refractivity contribution in [3.8, 4) is 0 Å². The largest absolute Gasteiger partial charge is 0.375 e. The van der Waals surface area contributed by atoms with Crippen LogP contribution in [0.3, 0.4) is 0 Å². The van der Waals surface area contributed by atoms with Gasteiger partial charge in [-0.1, -0.05) is 6.92 Å². The molecule has 0 saturated heterocycles. The van der Waals surface area contributed by atoms with Crippen molar-refractivity contribution in [1.82, 2.24) is 5.32 Å². The summed E-state index contributed by atoms with van der Waals surface area (Å²) in [6.07, 6.45) is -1.23. The number of nitrogens with one attached hydrogen (secondary N) is 1. The van der Waals surface area contributed by atoms with Crippen molar-refractivity contribution >= 4 is 0 Å². The minimum atomic E-state index is -4.03. The molecule has 0 aromatic heterocycles. The van der Waals surface area contributed by atoms with Gasteiger partial charge in [-0.3, -0.25) is 0 Å². The summed E-state index contributed by atoms with van der Waals surface area (Å²) in [6, 6.07) is 0. The van der Waals surface area contributed by atoms with Gasteiger partial charge in [-0.2, -0.15) is 8.78 Å². The maximum atomic E-state index is 12.3. The van der Waals surface area contributed by atoms with Gasteiger partial charge < -0.3 is 10.1 Å². The Kier molecular flexibility index (Phi) is 8.56. The molecule has 0 heterocycles. The first-order valence-electron chi connectivity index (χ1n) is 5.45. The van der Waals surface area contributed by atoms with Crippen molar-refractivity contribution in [2.24, 2.45) is 0 Å². The maximum absolute atomic E-state index is 12.3. The standard InChI is InChI=1S/C10H19F4NO/c1-2-5-15-6-3-4-7-16-8-10(13,14)9(11)12/h9,15H,2-8H2,1H3. The monoisotopic (exact) mass is 245 g/mol. The van der Waals surface area contributed by atoms with Crippen molar-refractivity contribution in [2.75, 3.05) is 26.3 Å². The first-order valence-corrected chi connectivity index (χ1v) is 5.45. The van der Waals surface area contributed by atoms with E-state index in [0.717, 1.165) is 25.9 Å². The van der Waals surface area contributed by atoms with Gasteiger partial charge in [-0.25, -0.2) is 8.78 Å². The highest BCUT2D eigenvalue weighted by Crippen LogP contribution is 2.22. The van der Waals surface area contributed by atoms with Crippen LogP contribution in [0.15, 0.2) is 0 Å². The minimum Gasteiger partial charge on any atom is -0.375 e. The second-order valence-corrected chi connectivity index (χ2v) is 3.57. The third-order valence-electron chi connectivity index (χ3n) is 1.93. The van der Waals surface area contributed by atoms with Gasteiger partial charge in [-0.05, 0) is 32.4 Å². The smallest absolute Gasteiger partial charge is 0.330 e. The summed E-state index contributed by atoms with van der Waals surface area (Å²) in [5.74, 6) is -4.03. The molecule has 6 heteroatoms. The van der Waals surface area contributed by atoms with Gasteiger partial charge in [0.15, 0.2) is 0 Å². The third-order valence-corrected chi connectivity index (χ3v) is 1.93. The fourth-order valence-corrected chi connectivity index (χ4v) is 1.03. The highest BCUT2D eigenvalue weighted by molar-refractivity contribution is 4.67. The van der Waals surface area contributed by atoms with Gasteiger partial charge in [0, 0.05) is 6.61 Å². The molecule has 98 valence electrons. The van der Waals surface area contributed by atoms with Crippen LogP contribution in [0.1, 0.15) is 26.2 Å². The lowest BCUT2D eigenvalue weighted by atomic mass is 10.3. The molecule has 0 aromatic rings. The number of alkyl halides is 4. The van der Waals surface area contributed by atoms with E-state index in [4.69, 9.17) is 0 Å². The van der Waals surface area contributed by atoms with Crippen molar-refractivity contribution < 1.29 is 22.3 Å². The van der Waals surface area contributed by atoms with Gasteiger partial charge in [0.2, 0.25) is 0 Å². The van der Waals surface area contributed by atoms with Crippen LogP contribution >= 0.6 is 0 Å². The van der Waals surface area contributed by atoms with Crippen LogP contribution in [-0.4, -0.2) is 38.7 Å². The Balaban J connectivity index is 3.27. The zero-order chi connectivity index (χ0) is 12.4. The lowest BCUT2D eigenvalue weighted by Crippen LogP contribution is -2.32. The fourth-order valence-electron chi connectivity index (χ4n) is 1.03. The van der Waals surface area contributed by atoms with Gasteiger partial charge in [0.25, 0.3) is 0 Å². The number of ether oxygens (including phenoxy) is 1. The van der Waals surface area contributed by atoms with Crippen LogP contribution in [0, 0.1) is 0 Å². The van der Waals surface area contributed by atoms with E-state index in [-0.39, 0.29) is 6.61 Å². The fraction of sp³-hybridized carbons (Fsp3) is 1.00. The molecule has 0 atom stereocenters. The maximum Gasteiger partial charge on any atom is 0.330 e.